The monoisotopic (exact) mass is 337 g/mol. The highest BCUT2D eigenvalue weighted by Gasteiger charge is 2.33. The molecular formula is C13H18F3N3O2S. The van der Waals surface area contributed by atoms with E-state index in [0.717, 1.165) is 18.7 Å². The fourth-order valence-electron chi connectivity index (χ4n) is 2.53. The number of rotatable bonds is 4. The summed E-state index contributed by atoms with van der Waals surface area (Å²) in [5.74, 6) is 0. The molecule has 1 heterocycles. The Labute approximate surface area is 127 Å². The molecule has 0 aromatic carbocycles. The zero-order valence-corrected chi connectivity index (χ0v) is 13.1. The van der Waals surface area contributed by atoms with Gasteiger partial charge in [-0.15, -0.1) is 0 Å². The van der Waals surface area contributed by atoms with Crippen molar-refractivity contribution in [3.05, 3.63) is 24.0 Å². The smallest absolute Gasteiger partial charge is 0.306 e. The minimum atomic E-state index is -4.58. The van der Waals surface area contributed by atoms with E-state index < -0.39 is 21.9 Å². The second-order valence-electron chi connectivity index (χ2n) is 5.63. The molecule has 1 aliphatic carbocycles. The van der Waals surface area contributed by atoms with E-state index in [9.17, 15) is 21.6 Å². The van der Waals surface area contributed by atoms with Crippen molar-refractivity contribution in [3.8, 4) is 0 Å². The van der Waals surface area contributed by atoms with E-state index in [0.29, 0.717) is 24.9 Å². The van der Waals surface area contributed by atoms with Crippen LogP contribution in [0.5, 0.6) is 0 Å². The largest absolute Gasteiger partial charge is 0.433 e. The van der Waals surface area contributed by atoms with Crippen molar-refractivity contribution in [2.75, 3.05) is 14.1 Å². The standard InChI is InChI=1S/C13H18F3N3O2S/c1-19(2)10-4-3-9(7-10)18-22(20,21)11-5-6-12(17-8-11)13(14,15)16/h5-6,8-10,18H,3-4,7H2,1-2H3. The van der Waals surface area contributed by atoms with E-state index in [1.807, 2.05) is 19.0 Å². The van der Waals surface area contributed by atoms with Crippen molar-refractivity contribution < 1.29 is 21.6 Å². The summed E-state index contributed by atoms with van der Waals surface area (Å²) in [5, 5.41) is 0. The number of hydrogen-bond acceptors (Lipinski definition) is 4. The fraction of sp³-hybridized carbons (Fsp3) is 0.615. The number of nitrogens with one attached hydrogen (secondary N) is 1. The molecule has 0 radical (unpaired) electrons. The van der Waals surface area contributed by atoms with Gasteiger partial charge in [0.15, 0.2) is 0 Å². The van der Waals surface area contributed by atoms with Gasteiger partial charge in [0.05, 0.1) is 0 Å². The summed E-state index contributed by atoms with van der Waals surface area (Å²) >= 11 is 0. The van der Waals surface area contributed by atoms with Crippen molar-refractivity contribution in [3.63, 3.8) is 0 Å². The summed E-state index contributed by atoms with van der Waals surface area (Å²) in [4.78, 5) is 4.96. The average Bonchev–Trinajstić information content (AvgIpc) is 2.86. The maximum atomic E-state index is 12.4. The summed E-state index contributed by atoms with van der Waals surface area (Å²) in [6.07, 6.45) is -1.58. The van der Waals surface area contributed by atoms with Crippen LogP contribution in [0.15, 0.2) is 23.2 Å². The average molecular weight is 337 g/mol. The van der Waals surface area contributed by atoms with Crippen LogP contribution >= 0.6 is 0 Å². The third kappa shape index (κ3) is 3.96. The molecule has 1 aliphatic rings. The van der Waals surface area contributed by atoms with Crippen LogP contribution in [0.4, 0.5) is 13.2 Å². The highest BCUT2D eigenvalue weighted by molar-refractivity contribution is 7.89. The lowest BCUT2D eigenvalue weighted by Gasteiger charge is -2.19. The van der Waals surface area contributed by atoms with Crippen LogP contribution in [0, 0.1) is 0 Å². The lowest BCUT2D eigenvalue weighted by atomic mass is 10.2. The first-order valence-electron chi connectivity index (χ1n) is 6.81. The summed E-state index contributed by atoms with van der Waals surface area (Å²) in [7, 11) is 0.0103. The Balaban J connectivity index is 2.08. The highest BCUT2D eigenvalue weighted by Crippen LogP contribution is 2.28. The predicted octanol–water partition coefficient (Wildman–Crippen LogP) is 1.86. The van der Waals surface area contributed by atoms with Crippen molar-refractivity contribution in [1.82, 2.24) is 14.6 Å². The molecule has 0 amide bonds. The Morgan fingerprint density at radius 2 is 1.95 bits per heavy atom. The molecule has 2 unspecified atom stereocenters. The van der Waals surface area contributed by atoms with E-state index >= 15 is 0 Å². The van der Waals surface area contributed by atoms with Crippen LogP contribution in [0.3, 0.4) is 0 Å². The fourth-order valence-corrected chi connectivity index (χ4v) is 3.76. The third-order valence-corrected chi connectivity index (χ3v) is 5.30. The first-order valence-corrected chi connectivity index (χ1v) is 8.30. The Morgan fingerprint density at radius 3 is 2.41 bits per heavy atom. The number of sulfonamides is 1. The molecule has 2 rings (SSSR count). The first kappa shape index (κ1) is 17.2. The summed E-state index contributed by atoms with van der Waals surface area (Å²) < 4.78 is 64.2. The Kier molecular flexibility index (Phi) is 4.78. The maximum Gasteiger partial charge on any atom is 0.433 e. The van der Waals surface area contributed by atoms with Crippen LogP contribution in [0.2, 0.25) is 0 Å². The zero-order chi connectivity index (χ0) is 16.5. The Morgan fingerprint density at radius 1 is 1.27 bits per heavy atom. The molecule has 1 aromatic heterocycles. The molecule has 1 fully saturated rings. The molecule has 2 atom stereocenters. The van der Waals surface area contributed by atoms with E-state index in [1.165, 1.54) is 0 Å². The van der Waals surface area contributed by atoms with Gasteiger partial charge >= 0.3 is 6.18 Å². The molecule has 1 aromatic rings. The zero-order valence-electron chi connectivity index (χ0n) is 12.3. The topological polar surface area (TPSA) is 62.3 Å². The van der Waals surface area contributed by atoms with Crippen molar-refractivity contribution in [2.45, 2.75) is 42.4 Å². The quantitative estimate of drug-likeness (QED) is 0.911. The molecular weight excluding hydrogens is 319 g/mol. The van der Waals surface area contributed by atoms with Crippen LogP contribution in [0.25, 0.3) is 0 Å². The van der Waals surface area contributed by atoms with Gasteiger partial charge in [-0.3, -0.25) is 4.98 Å². The van der Waals surface area contributed by atoms with E-state index in [2.05, 4.69) is 9.71 Å². The Bertz CT molecular complexity index is 614. The van der Waals surface area contributed by atoms with Crippen LogP contribution < -0.4 is 4.72 Å². The van der Waals surface area contributed by atoms with Gasteiger partial charge in [-0.25, -0.2) is 13.1 Å². The van der Waals surface area contributed by atoms with Gasteiger partial charge in [-0.05, 0) is 45.5 Å². The van der Waals surface area contributed by atoms with Gasteiger partial charge < -0.3 is 4.90 Å². The number of alkyl halides is 3. The van der Waals surface area contributed by atoms with E-state index in [4.69, 9.17) is 0 Å². The maximum absolute atomic E-state index is 12.4. The van der Waals surface area contributed by atoms with Gasteiger partial charge in [0.1, 0.15) is 10.6 Å². The number of halogens is 3. The molecule has 0 saturated heterocycles. The lowest BCUT2D eigenvalue weighted by Crippen LogP contribution is -2.35. The third-order valence-electron chi connectivity index (χ3n) is 3.79. The van der Waals surface area contributed by atoms with Gasteiger partial charge in [0, 0.05) is 18.3 Å². The van der Waals surface area contributed by atoms with Crippen molar-refractivity contribution >= 4 is 10.0 Å². The number of nitrogens with zero attached hydrogens (tertiary/aromatic N) is 2. The van der Waals surface area contributed by atoms with E-state index in [1.54, 1.807) is 0 Å². The second-order valence-corrected chi connectivity index (χ2v) is 7.34. The first-order chi connectivity index (χ1) is 10.1. The van der Waals surface area contributed by atoms with Crippen molar-refractivity contribution in [1.29, 1.82) is 0 Å². The summed E-state index contributed by atoms with van der Waals surface area (Å²) in [5.41, 5.74) is -1.11. The predicted molar refractivity (Wildman–Crippen MR) is 74.7 cm³/mol. The van der Waals surface area contributed by atoms with Crippen molar-refractivity contribution in [2.24, 2.45) is 0 Å². The van der Waals surface area contributed by atoms with E-state index in [-0.39, 0.29) is 10.9 Å². The molecule has 5 nitrogen and oxygen atoms in total. The van der Waals surface area contributed by atoms with Gasteiger partial charge in [0.2, 0.25) is 10.0 Å². The van der Waals surface area contributed by atoms with Gasteiger partial charge in [0.25, 0.3) is 0 Å². The van der Waals surface area contributed by atoms with Gasteiger partial charge in [-0.1, -0.05) is 0 Å². The van der Waals surface area contributed by atoms with Crippen LogP contribution in [-0.2, 0) is 16.2 Å². The number of aromatic nitrogens is 1. The lowest BCUT2D eigenvalue weighted by molar-refractivity contribution is -0.141. The molecule has 9 heteroatoms. The molecule has 0 aliphatic heterocycles. The minimum absolute atomic E-state index is 0.209. The SMILES string of the molecule is CN(C)C1CCC(NS(=O)(=O)c2ccc(C(F)(F)F)nc2)C1. The molecule has 0 spiro atoms. The molecule has 0 bridgehead atoms. The molecule has 124 valence electrons. The number of hydrogen-bond donors (Lipinski definition) is 1. The normalized spacial score (nSPS) is 23.2. The highest BCUT2D eigenvalue weighted by atomic mass is 32.2. The summed E-state index contributed by atoms with van der Waals surface area (Å²) in [6.45, 7) is 0. The van der Waals surface area contributed by atoms with Crippen LogP contribution in [-0.4, -0.2) is 44.5 Å². The molecule has 22 heavy (non-hydrogen) atoms. The number of pyridine rings is 1. The minimum Gasteiger partial charge on any atom is -0.306 e. The summed E-state index contributed by atoms with van der Waals surface area (Å²) in [6, 6.07) is 1.70. The van der Waals surface area contributed by atoms with Crippen LogP contribution in [0.1, 0.15) is 25.0 Å². The molecule has 1 N–H and O–H groups in total. The Hall–Kier alpha value is -1.19. The van der Waals surface area contributed by atoms with Gasteiger partial charge in [-0.2, -0.15) is 13.2 Å². The molecule has 1 saturated carbocycles. The second kappa shape index (κ2) is 6.13.